The molecule has 0 atom stereocenters. The van der Waals surface area contributed by atoms with Crippen LogP contribution in [0.15, 0.2) is 36.4 Å². The van der Waals surface area contributed by atoms with Crippen LogP contribution in [0.5, 0.6) is 0 Å². The van der Waals surface area contributed by atoms with Crippen LogP contribution >= 0.6 is 0 Å². The van der Waals surface area contributed by atoms with Crippen molar-refractivity contribution in [2.75, 3.05) is 29.9 Å². The van der Waals surface area contributed by atoms with Crippen molar-refractivity contribution in [3.63, 3.8) is 0 Å². The van der Waals surface area contributed by atoms with E-state index in [1.165, 1.54) is 12.8 Å². The topological polar surface area (TPSA) is 41.1 Å². The largest absolute Gasteiger partial charge is 0.356 e. The summed E-state index contributed by atoms with van der Waals surface area (Å²) in [7, 11) is 0. The van der Waals surface area contributed by atoms with Gasteiger partial charge in [0.25, 0.3) is 0 Å². The first kappa shape index (κ1) is 14.8. The average molecular weight is 296 g/mol. The Morgan fingerprint density at radius 3 is 2.50 bits per heavy atom. The molecule has 1 aromatic carbocycles. The SMILES string of the molecule is CC(C)CNc1nc(-c2ccccc2)cc(N2CCCC2)n1. The van der Waals surface area contributed by atoms with Gasteiger partial charge in [0, 0.05) is 31.3 Å². The number of hydrogen-bond acceptors (Lipinski definition) is 4. The number of nitrogens with one attached hydrogen (secondary N) is 1. The van der Waals surface area contributed by atoms with E-state index in [0.29, 0.717) is 5.92 Å². The van der Waals surface area contributed by atoms with Crippen LogP contribution in [0, 0.1) is 5.92 Å². The third-order valence-corrected chi connectivity index (χ3v) is 3.88. The summed E-state index contributed by atoms with van der Waals surface area (Å²) in [5, 5.41) is 3.37. The van der Waals surface area contributed by atoms with Crippen LogP contribution in [-0.2, 0) is 0 Å². The summed E-state index contributed by atoms with van der Waals surface area (Å²) < 4.78 is 0. The minimum absolute atomic E-state index is 0.569. The zero-order chi connectivity index (χ0) is 15.4. The lowest BCUT2D eigenvalue weighted by Crippen LogP contribution is -2.20. The van der Waals surface area contributed by atoms with Crippen LogP contribution in [0.2, 0.25) is 0 Å². The first-order valence-electron chi connectivity index (χ1n) is 8.16. The molecule has 4 nitrogen and oxygen atoms in total. The molecule has 4 heteroatoms. The fraction of sp³-hybridized carbons (Fsp3) is 0.444. The Bertz CT molecular complexity index is 604. The van der Waals surface area contributed by atoms with Crippen LogP contribution in [0.25, 0.3) is 11.3 Å². The molecule has 1 saturated heterocycles. The second kappa shape index (κ2) is 6.77. The van der Waals surface area contributed by atoms with Gasteiger partial charge in [-0.2, -0.15) is 4.98 Å². The van der Waals surface area contributed by atoms with E-state index in [-0.39, 0.29) is 0 Å². The van der Waals surface area contributed by atoms with E-state index in [9.17, 15) is 0 Å². The van der Waals surface area contributed by atoms with Gasteiger partial charge in [0.2, 0.25) is 5.95 Å². The molecule has 0 unspecified atom stereocenters. The highest BCUT2D eigenvalue weighted by Crippen LogP contribution is 2.25. The predicted octanol–water partition coefficient (Wildman–Crippen LogP) is 3.81. The van der Waals surface area contributed by atoms with E-state index in [1.54, 1.807) is 0 Å². The number of aromatic nitrogens is 2. The standard InChI is InChI=1S/C18H24N4/c1-14(2)13-19-18-20-16(15-8-4-3-5-9-15)12-17(21-18)22-10-6-7-11-22/h3-5,8-9,12,14H,6-7,10-11,13H2,1-2H3,(H,19,20,21). The van der Waals surface area contributed by atoms with E-state index >= 15 is 0 Å². The van der Waals surface area contributed by atoms with Crippen LogP contribution in [0.4, 0.5) is 11.8 Å². The third kappa shape index (κ3) is 3.56. The molecule has 1 aromatic heterocycles. The Morgan fingerprint density at radius 1 is 1.09 bits per heavy atom. The quantitative estimate of drug-likeness (QED) is 0.911. The number of benzene rings is 1. The van der Waals surface area contributed by atoms with Crippen LogP contribution < -0.4 is 10.2 Å². The van der Waals surface area contributed by atoms with E-state index in [2.05, 4.69) is 42.3 Å². The van der Waals surface area contributed by atoms with Gasteiger partial charge in [-0.3, -0.25) is 0 Å². The Balaban J connectivity index is 1.93. The predicted molar refractivity (Wildman–Crippen MR) is 92.2 cm³/mol. The summed E-state index contributed by atoms with van der Waals surface area (Å²) in [5.74, 6) is 2.34. The lowest BCUT2D eigenvalue weighted by atomic mass is 10.1. The third-order valence-electron chi connectivity index (χ3n) is 3.88. The molecule has 1 fully saturated rings. The minimum atomic E-state index is 0.569. The van der Waals surface area contributed by atoms with Crippen molar-refractivity contribution in [2.24, 2.45) is 5.92 Å². The summed E-state index contributed by atoms with van der Waals surface area (Å²) >= 11 is 0. The van der Waals surface area contributed by atoms with Gasteiger partial charge in [-0.15, -0.1) is 0 Å². The molecule has 116 valence electrons. The molecule has 0 aliphatic carbocycles. The van der Waals surface area contributed by atoms with E-state index in [1.807, 2.05) is 18.2 Å². The van der Waals surface area contributed by atoms with Crippen molar-refractivity contribution in [3.05, 3.63) is 36.4 Å². The van der Waals surface area contributed by atoms with E-state index in [4.69, 9.17) is 9.97 Å². The average Bonchev–Trinajstić information content (AvgIpc) is 3.08. The molecule has 2 heterocycles. The van der Waals surface area contributed by atoms with E-state index < -0.39 is 0 Å². The number of anilines is 2. The number of rotatable bonds is 5. The molecule has 3 rings (SSSR count). The molecule has 0 amide bonds. The van der Waals surface area contributed by atoms with Gasteiger partial charge < -0.3 is 10.2 Å². The first-order valence-corrected chi connectivity index (χ1v) is 8.16. The molecule has 0 bridgehead atoms. The molecule has 1 aliphatic heterocycles. The van der Waals surface area contributed by atoms with Crippen LogP contribution in [0.3, 0.4) is 0 Å². The van der Waals surface area contributed by atoms with Gasteiger partial charge >= 0.3 is 0 Å². The normalized spacial score (nSPS) is 14.6. The van der Waals surface area contributed by atoms with Crippen LogP contribution in [0.1, 0.15) is 26.7 Å². The van der Waals surface area contributed by atoms with Gasteiger partial charge in [-0.05, 0) is 18.8 Å². The lowest BCUT2D eigenvalue weighted by molar-refractivity contribution is 0.684. The zero-order valence-corrected chi connectivity index (χ0v) is 13.4. The molecule has 0 spiro atoms. The highest BCUT2D eigenvalue weighted by molar-refractivity contribution is 5.64. The molecule has 2 aromatic rings. The van der Waals surface area contributed by atoms with E-state index in [0.717, 1.165) is 42.7 Å². The van der Waals surface area contributed by atoms with Gasteiger partial charge in [0.05, 0.1) is 5.69 Å². The van der Waals surface area contributed by atoms with Crippen molar-refractivity contribution in [3.8, 4) is 11.3 Å². The molecular weight excluding hydrogens is 272 g/mol. The smallest absolute Gasteiger partial charge is 0.225 e. The monoisotopic (exact) mass is 296 g/mol. The molecule has 1 N–H and O–H groups in total. The second-order valence-corrected chi connectivity index (χ2v) is 6.27. The fourth-order valence-electron chi connectivity index (χ4n) is 2.67. The molecule has 0 saturated carbocycles. The van der Waals surface area contributed by atoms with Crippen molar-refractivity contribution in [1.82, 2.24) is 9.97 Å². The molecule has 1 aliphatic rings. The van der Waals surface area contributed by atoms with Crippen LogP contribution in [-0.4, -0.2) is 29.6 Å². The maximum Gasteiger partial charge on any atom is 0.225 e. The maximum atomic E-state index is 4.72. The van der Waals surface area contributed by atoms with Crippen molar-refractivity contribution >= 4 is 11.8 Å². The Morgan fingerprint density at radius 2 is 1.82 bits per heavy atom. The Labute approximate surface area is 132 Å². The molecular formula is C18H24N4. The fourth-order valence-corrected chi connectivity index (χ4v) is 2.67. The highest BCUT2D eigenvalue weighted by Gasteiger charge is 2.16. The summed E-state index contributed by atoms with van der Waals surface area (Å²) in [6, 6.07) is 12.4. The first-order chi connectivity index (χ1) is 10.7. The highest BCUT2D eigenvalue weighted by atomic mass is 15.2. The molecule has 22 heavy (non-hydrogen) atoms. The van der Waals surface area contributed by atoms with Gasteiger partial charge in [0.1, 0.15) is 5.82 Å². The summed E-state index contributed by atoms with van der Waals surface area (Å²) in [6.45, 7) is 7.45. The lowest BCUT2D eigenvalue weighted by Gasteiger charge is -2.19. The Hall–Kier alpha value is -2.10. The van der Waals surface area contributed by atoms with Crippen molar-refractivity contribution in [1.29, 1.82) is 0 Å². The van der Waals surface area contributed by atoms with Crippen molar-refractivity contribution < 1.29 is 0 Å². The summed E-state index contributed by atoms with van der Waals surface area (Å²) in [4.78, 5) is 11.8. The summed E-state index contributed by atoms with van der Waals surface area (Å²) in [5.41, 5.74) is 2.13. The summed E-state index contributed by atoms with van der Waals surface area (Å²) in [6.07, 6.45) is 2.50. The van der Waals surface area contributed by atoms with Gasteiger partial charge in [0.15, 0.2) is 0 Å². The minimum Gasteiger partial charge on any atom is -0.356 e. The second-order valence-electron chi connectivity index (χ2n) is 6.27. The zero-order valence-electron chi connectivity index (χ0n) is 13.4. The molecule has 0 radical (unpaired) electrons. The maximum absolute atomic E-state index is 4.72. The number of nitrogens with zero attached hydrogens (tertiary/aromatic N) is 3. The Kier molecular flexibility index (Phi) is 4.56. The van der Waals surface area contributed by atoms with Gasteiger partial charge in [-0.25, -0.2) is 4.98 Å². The van der Waals surface area contributed by atoms with Gasteiger partial charge in [-0.1, -0.05) is 44.2 Å². The van der Waals surface area contributed by atoms with Crippen molar-refractivity contribution in [2.45, 2.75) is 26.7 Å². The number of hydrogen-bond donors (Lipinski definition) is 1.